The summed E-state index contributed by atoms with van der Waals surface area (Å²) in [7, 11) is 0. The molecule has 0 fully saturated rings. The van der Waals surface area contributed by atoms with Crippen LogP contribution in [-0.4, -0.2) is 27.8 Å². The molecule has 0 aromatic carbocycles. The Balaban J connectivity index is 4.65. The molecule has 0 aliphatic heterocycles. The molecular weight excluding hydrogens is 350 g/mol. The van der Waals surface area contributed by atoms with Gasteiger partial charge in [0.1, 0.15) is 0 Å². The normalized spacial score (nSPS) is 17.7. The molecule has 9 heteroatoms. The monoisotopic (exact) mass is 350 g/mol. The molecule has 0 spiro atoms. The van der Waals surface area contributed by atoms with Crippen LogP contribution in [-0.2, 0) is 4.79 Å². The van der Waals surface area contributed by atoms with E-state index in [1.165, 1.54) is 0 Å². The summed E-state index contributed by atoms with van der Waals surface area (Å²) in [5.41, 5.74) is 0. The standard InChI is InChI=1S/C5H2Br2F6O/c6-2(4(8,9)10)1(14)3(7)5(11,12)13/h2-3H. The fraction of sp³-hybridized carbons (Fsp3) is 0.800. The predicted octanol–water partition coefficient (Wildman–Crippen LogP) is 3.21. The SMILES string of the molecule is O=C(C(Br)C(F)(F)F)C(Br)C(F)(F)F. The van der Waals surface area contributed by atoms with E-state index in [0.29, 0.717) is 0 Å². The van der Waals surface area contributed by atoms with Crippen molar-refractivity contribution in [2.24, 2.45) is 0 Å². The van der Waals surface area contributed by atoms with Gasteiger partial charge in [-0.05, 0) is 0 Å². The van der Waals surface area contributed by atoms with Gasteiger partial charge in [-0.25, -0.2) is 0 Å². The molecule has 0 bridgehead atoms. The first kappa shape index (κ1) is 14.2. The van der Waals surface area contributed by atoms with Crippen molar-refractivity contribution in [3.05, 3.63) is 0 Å². The van der Waals surface area contributed by atoms with Gasteiger partial charge in [0.25, 0.3) is 0 Å². The van der Waals surface area contributed by atoms with E-state index in [0.717, 1.165) is 0 Å². The molecule has 0 amide bonds. The van der Waals surface area contributed by atoms with Crippen molar-refractivity contribution in [2.45, 2.75) is 22.0 Å². The summed E-state index contributed by atoms with van der Waals surface area (Å²) in [5.74, 6) is -2.02. The maximum absolute atomic E-state index is 11.8. The minimum Gasteiger partial charge on any atom is -0.296 e. The Morgan fingerprint density at radius 1 is 0.857 bits per heavy atom. The van der Waals surface area contributed by atoms with Gasteiger partial charge in [-0.3, -0.25) is 4.79 Å². The second-order valence-electron chi connectivity index (χ2n) is 2.21. The van der Waals surface area contributed by atoms with E-state index < -0.39 is 27.8 Å². The molecule has 0 saturated heterocycles. The third-order valence-corrected chi connectivity index (χ3v) is 3.02. The summed E-state index contributed by atoms with van der Waals surface area (Å²) in [6.07, 6.45) is -10.1. The van der Waals surface area contributed by atoms with Gasteiger partial charge in [-0.2, -0.15) is 26.3 Å². The van der Waals surface area contributed by atoms with Gasteiger partial charge in [-0.15, -0.1) is 0 Å². The van der Waals surface area contributed by atoms with Crippen LogP contribution in [0, 0.1) is 0 Å². The molecule has 0 saturated carbocycles. The number of hydrogen-bond donors (Lipinski definition) is 0. The molecule has 14 heavy (non-hydrogen) atoms. The lowest BCUT2D eigenvalue weighted by molar-refractivity contribution is -0.162. The van der Waals surface area contributed by atoms with Crippen molar-refractivity contribution in [3.8, 4) is 0 Å². The number of hydrogen-bond acceptors (Lipinski definition) is 1. The molecule has 1 nitrogen and oxygen atoms in total. The fourth-order valence-electron chi connectivity index (χ4n) is 0.451. The summed E-state index contributed by atoms with van der Waals surface area (Å²) >= 11 is 3.70. The highest BCUT2D eigenvalue weighted by Crippen LogP contribution is 2.34. The zero-order chi connectivity index (χ0) is 11.7. The van der Waals surface area contributed by atoms with E-state index in [2.05, 4.69) is 0 Å². The largest absolute Gasteiger partial charge is 0.408 e. The Bertz CT molecular complexity index is 199. The van der Waals surface area contributed by atoms with Gasteiger partial charge in [0, 0.05) is 0 Å². The van der Waals surface area contributed by atoms with E-state index in [1.54, 1.807) is 0 Å². The van der Waals surface area contributed by atoms with Crippen molar-refractivity contribution in [1.29, 1.82) is 0 Å². The lowest BCUT2D eigenvalue weighted by Gasteiger charge is -2.18. The van der Waals surface area contributed by atoms with E-state index in [9.17, 15) is 31.1 Å². The number of carbonyl (C=O) groups excluding carboxylic acids is 1. The van der Waals surface area contributed by atoms with Gasteiger partial charge >= 0.3 is 12.4 Å². The van der Waals surface area contributed by atoms with Gasteiger partial charge < -0.3 is 0 Å². The van der Waals surface area contributed by atoms with Gasteiger partial charge in [0.05, 0.1) is 0 Å². The summed E-state index contributed by atoms with van der Waals surface area (Å²) in [6.45, 7) is 0. The number of carbonyl (C=O) groups is 1. The first-order valence-corrected chi connectivity index (χ1v) is 4.76. The van der Waals surface area contributed by atoms with E-state index in [4.69, 9.17) is 0 Å². The zero-order valence-electron chi connectivity index (χ0n) is 6.09. The number of halogens is 8. The van der Waals surface area contributed by atoms with Crippen LogP contribution in [0.25, 0.3) is 0 Å². The third kappa shape index (κ3) is 3.76. The number of ketones is 1. The van der Waals surface area contributed by atoms with Crippen LogP contribution in [0.3, 0.4) is 0 Å². The Hall–Kier alpha value is 0.210. The Morgan fingerprint density at radius 3 is 1.21 bits per heavy atom. The second kappa shape index (κ2) is 4.38. The fourth-order valence-corrected chi connectivity index (χ4v) is 1.33. The van der Waals surface area contributed by atoms with Gasteiger partial charge in [0.15, 0.2) is 15.4 Å². The number of alkyl halides is 8. The highest BCUT2D eigenvalue weighted by atomic mass is 79.9. The van der Waals surface area contributed by atoms with Crippen molar-refractivity contribution in [3.63, 3.8) is 0 Å². The van der Waals surface area contributed by atoms with E-state index in [-0.39, 0.29) is 0 Å². The van der Waals surface area contributed by atoms with Crippen molar-refractivity contribution in [1.82, 2.24) is 0 Å². The molecule has 0 aliphatic rings. The predicted molar refractivity (Wildman–Crippen MR) is 42.5 cm³/mol. The Labute approximate surface area is 91.1 Å². The highest BCUT2D eigenvalue weighted by molar-refractivity contribution is 9.10. The zero-order valence-corrected chi connectivity index (χ0v) is 9.26. The van der Waals surface area contributed by atoms with Gasteiger partial charge in [0.2, 0.25) is 0 Å². The molecule has 0 rings (SSSR count). The van der Waals surface area contributed by atoms with Crippen LogP contribution < -0.4 is 0 Å². The summed E-state index contributed by atoms with van der Waals surface area (Å²) in [6, 6.07) is 0. The molecule has 0 radical (unpaired) electrons. The van der Waals surface area contributed by atoms with Crippen LogP contribution >= 0.6 is 31.9 Å². The Morgan fingerprint density at radius 2 is 1.07 bits per heavy atom. The first-order chi connectivity index (χ1) is 5.98. The number of Topliss-reactive ketones (excluding diaryl/α,β-unsaturated/α-hetero) is 1. The smallest absolute Gasteiger partial charge is 0.296 e. The molecule has 2 atom stereocenters. The van der Waals surface area contributed by atoms with Crippen molar-refractivity contribution in [2.75, 3.05) is 0 Å². The average molecular weight is 352 g/mol. The molecular formula is C5H2Br2F6O. The first-order valence-electron chi connectivity index (χ1n) is 2.93. The third-order valence-electron chi connectivity index (χ3n) is 1.07. The molecule has 0 aliphatic carbocycles. The van der Waals surface area contributed by atoms with Crippen LogP contribution in [0.15, 0.2) is 0 Å². The quantitative estimate of drug-likeness (QED) is 0.551. The molecule has 0 aromatic heterocycles. The van der Waals surface area contributed by atoms with Crippen LogP contribution in [0.4, 0.5) is 26.3 Å². The molecule has 0 aromatic rings. The summed E-state index contributed by atoms with van der Waals surface area (Å²) < 4.78 is 70.8. The topological polar surface area (TPSA) is 17.1 Å². The maximum Gasteiger partial charge on any atom is 0.408 e. The van der Waals surface area contributed by atoms with Crippen molar-refractivity contribution >= 4 is 37.6 Å². The van der Waals surface area contributed by atoms with Crippen molar-refractivity contribution < 1.29 is 31.1 Å². The van der Waals surface area contributed by atoms with Crippen LogP contribution in [0.2, 0.25) is 0 Å². The summed E-state index contributed by atoms with van der Waals surface area (Å²) in [5, 5.41) is 0. The number of rotatable bonds is 2. The molecule has 0 N–H and O–H groups in total. The van der Waals surface area contributed by atoms with Crippen LogP contribution in [0.1, 0.15) is 0 Å². The molecule has 84 valence electrons. The maximum atomic E-state index is 11.8. The van der Waals surface area contributed by atoms with Crippen LogP contribution in [0.5, 0.6) is 0 Å². The summed E-state index contributed by atoms with van der Waals surface area (Å²) in [4.78, 5) is 4.97. The van der Waals surface area contributed by atoms with E-state index in [1.807, 2.05) is 31.9 Å². The highest BCUT2D eigenvalue weighted by Gasteiger charge is 2.52. The van der Waals surface area contributed by atoms with E-state index >= 15 is 0 Å². The van der Waals surface area contributed by atoms with Gasteiger partial charge in [-0.1, -0.05) is 31.9 Å². The lowest BCUT2D eigenvalue weighted by Crippen LogP contribution is -2.42. The lowest BCUT2D eigenvalue weighted by atomic mass is 10.2. The second-order valence-corrected chi connectivity index (χ2v) is 4.04. The minimum absolute atomic E-state index is 1.85. The minimum atomic E-state index is -5.03. The molecule has 2 unspecified atom stereocenters. The average Bonchev–Trinajstić information content (AvgIpc) is 1.97. The molecule has 0 heterocycles. The Kier molecular flexibility index (Phi) is 4.44.